The first-order chi connectivity index (χ1) is 13.2. The van der Waals surface area contributed by atoms with Crippen LogP contribution in [-0.2, 0) is 0 Å². The highest BCUT2D eigenvalue weighted by molar-refractivity contribution is 6.07. The Hall–Kier alpha value is -3.27. The molecule has 1 aromatic heterocycles. The molecule has 4 heteroatoms. The molecule has 1 saturated carbocycles. The second-order valence-corrected chi connectivity index (χ2v) is 6.82. The first kappa shape index (κ1) is 17.2. The highest BCUT2D eigenvalue weighted by atomic mass is 16.2. The molecule has 0 bridgehead atoms. The van der Waals surface area contributed by atoms with Crippen molar-refractivity contribution >= 4 is 28.6 Å². The molecule has 27 heavy (non-hydrogen) atoms. The van der Waals surface area contributed by atoms with Crippen molar-refractivity contribution in [3.05, 3.63) is 83.6 Å². The van der Waals surface area contributed by atoms with E-state index in [1.165, 1.54) is 0 Å². The van der Waals surface area contributed by atoms with Crippen LogP contribution in [0.25, 0.3) is 17.0 Å². The lowest BCUT2D eigenvalue weighted by Gasteiger charge is -2.08. The van der Waals surface area contributed by atoms with E-state index in [9.17, 15) is 4.79 Å². The standard InChI is InChI=1S/C23H21N3O/c1-16(11-12-17-7-3-2-4-8-17)25-26-23(27)20-15-22(18-13-14-18)24-21-10-6-5-9-19(20)21/h2-12,15,18H,13-14H2,1H3,(H,26,27)/b12-11+,25-16-. The first-order valence-electron chi connectivity index (χ1n) is 9.18. The summed E-state index contributed by atoms with van der Waals surface area (Å²) in [6.07, 6.45) is 6.15. The fourth-order valence-electron chi connectivity index (χ4n) is 2.99. The number of allylic oxidation sites excluding steroid dienone is 1. The van der Waals surface area contributed by atoms with Crippen molar-refractivity contribution in [1.29, 1.82) is 0 Å². The van der Waals surface area contributed by atoms with Crippen LogP contribution in [0, 0.1) is 0 Å². The quantitative estimate of drug-likeness (QED) is 0.521. The molecule has 1 aliphatic rings. The largest absolute Gasteiger partial charge is 0.272 e. The topological polar surface area (TPSA) is 54.4 Å². The minimum atomic E-state index is -0.206. The maximum absolute atomic E-state index is 12.8. The maximum Gasteiger partial charge on any atom is 0.272 e. The predicted octanol–water partition coefficient (Wildman–Crippen LogP) is 4.93. The zero-order chi connectivity index (χ0) is 18.6. The Morgan fingerprint density at radius 3 is 2.63 bits per heavy atom. The van der Waals surface area contributed by atoms with Crippen molar-refractivity contribution < 1.29 is 4.79 Å². The van der Waals surface area contributed by atoms with Gasteiger partial charge in [-0.25, -0.2) is 5.43 Å². The number of hydrogen-bond donors (Lipinski definition) is 1. The Morgan fingerprint density at radius 1 is 1.11 bits per heavy atom. The van der Waals surface area contributed by atoms with E-state index in [1.807, 2.05) is 79.7 Å². The van der Waals surface area contributed by atoms with Crippen molar-refractivity contribution in [2.24, 2.45) is 5.10 Å². The second kappa shape index (κ2) is 7.54. The summed E-state index contributed by atoms with van der Waals surface area (Å²) in [5, 5.41) is 5.08. The third-order valence-corrected chi connectivity index (χ3v) is 4.63. The van der Waals surface area contributed by atoms with Crippen molar-refractivity contribution in [2.45, 2.75) is 25.7 Å². The molecular formula is C23H21N3O. The Bertz CT molecular complexity index is 1030. The number of carbonyl (C=O) groups excluding carboxylic acids is 1. The third-order valence-electron chi connectivity index (χ3n) is 4.63. The van der Waals surface area contributed by atoms with Gasteiger partial charge in [0.25, 0.3) is 5.91 Å². The van der Waals surface area contributed by atoms with Gasteiger partial charge in [0, 0.05) is 17.0 Å². The molecule has 1 N–H and O–H groups in total. The molecule has 0 atom stereocenters. The Morgan fingerprint density at radius 2 is 1.85 bits per heavy atom. The average Bonchev–Trinajstić information content (AvgIpc) is 3.56. The lowest BCUT2D eigenvalue weighted by Crippen LogP contribution is -2.19. The lowest BCUT2D eigenvalue weighted by atomic mass is 10.1. The van der Waals surface area contributed by atoms with Gasteiger partial charge in [0.05, 0.1) is 16.8 Å². The van der Waals surface area contributed by atoms with Gasteiger partial charge in [-0.1, -0.05) is 54.6 Å². The van der Waals surface area contributed by atoms with Crippen LogP contribution in [0.1, 0.15) is 47.3 Å². The maximum atomic E-state index is 12.8. The van der Waals surface area contributed by atoms with Crippen LogP contribution in [0.3, 0.4) is 0 Å². The summed E-state index contributed by atoms with van der Waals surface area (Å²) in [6, 6.07) is 19.7. The molecule has 0 aliphatic heterocycles. The van der Waals surface area contributed by atoms with Gasteiger partial charge in [-0.2, -0.15) is 5.10 Å². The molecular weight excluding hydrogens is 334 g/mol. The summed E-state index contributed by atoms with van der Waals surface area (Å²) >= 11 is 0. The molecule has 1 heterocycles. The zero-order valence-corrected chi connectivity index (χ0v) is 15.2. The number of rotatable bonds is 5. The second-order valence-electron chi connectivity index (χ2n) is 6.82. The number of para-hydroxylation sites is 1. The van der Waals surface area contributed by atoms with Crippen LogP contribution in [0.15, 0.2) is 71.8 Å². The monoisotopic (exact) mass is 355 g/mol. The molecule has 0 unspecified atom stereocenters. The highest BCUT2D eigenvalue weighted by Gasteiger charge is 2.26. The minimum Gasteiger partial charge on any atom is -0.267 e. The number of fused-ring (bicyclic) bond motifs is 1. The van der Waals surface area contributed by atoms with Gasteiger partial charge in [-0.15, -0.1) is 0 Å². The summed E-state index contributed by atoms with van der Waals surface area (Å²) in [5.41, 5.74) is 7.00. The van der Waals surface area contributed by atoms with E-state index in [-0.39, 0.29) is 5.91 Å². The number of aromatic nitrogens is 1. The molecule has 1 aliphatic carbocycles. The van der Waals surface area contributed by atoms with Crippen LogP contribution < -0.4 is 5.43 Å². The number of hydrazone groups is 1. The summed E-state index contributed by atoms with van der Waals surface area (Å²) in [5.74, 6) is 0.281. The van der Waals surface area contributed by atoms with Crippen molar-refractivity contribution in [1.82, 2.24) is 10.4 Å². The molecule has 0 spiro atoms. The van der Waals surface area contributed by atoms with Crippen LogP contribution >= 0.6 is 0 Å². The van der Waals surface area contributed by atoms with Gasteiger partial charge >= 0.3 is 0 Å². The average molecular weight is 355 g/mol. The molecule has 4 rings (SSSR count). The molecule has 3 aromatic rings. The summed E-state index contributed by atoms with van der Waals surface area (Å²) in [7, 11) is 0. The van der Waals surface area contributed by atoms with Crippen molar-refractivity contribution in [3.8, 4) is 0 Å². The van der Waals surface area contributed by atoms with Crippen molar-refractivity contribution in [3.63, 3.8) is 0 Å². The number of hydrogen-bond acceptors (Lipinski definition) is 3. The molecule has 134 valence electrons. The SMILES string of the molecule is CC(/C=C/c1ccccc1)=N/NC(=O)c1cc(C2CC2)nc2ccccc12. The number of benzene rings is 2. The van der Waals surface area contributed by atoms with E-state index in [1.54, 1.807) is 0 Å². The summed E-state index contributed by atoms with van der Waals surface area (Å²) < 4.78 is 0. The predicted molar refractivity (Wildman–Crippen MR) is 110 cm³/mol. The van der Waals surface area contributed by atoms with Crippen LogP contribution in [0.4, 0.5) is 0 Å². The third kappa shape index (κ3) is 4.11. The minimum absolute atomic E-state index is 0.206. The normalized spacial score (nSPS) is 14.6. The van der Waals surface area contributed by atoms with Crippen LogP contribution in [0.2, 0.25) is 0 Å². The van der Waals surface area contributed by atoms with Gasteiger partial charge in [0.15, 0.2) is 0 Å². The molecule has 1 fully saturated rings. The van der Waals surface area contributed by atoms with E-state index >= 15 is 0 Å². The van der Waals surface area contributed by atoms with Gasteiger partial charge in [-0.3, -0.25) is 9.78 Å². The van der Waals surface area contributed by atoms with E-state index in [4.69, 9.17) is 4.98 Å². The van der Waals surface area contributed by atoms with Crippen molar-refractivity contribution in [2.75, 3.05) is 0 Å². The summed E-state index contributed by atoms with van der Waals surface area (Å²) in [4.78, 5) is 17.5. The molecule has 1 amide bonds. The van der Waals surface area contributed by atoms with Gasteiger partial charge in [0.1, 0.15) is 0 Å². The Balaban J connectivity index is 1.55. The number of pyridine rings is 1. The van der Waals surface area contributed by atoms with E-state index < -0.39 is 0 Å². The van der Waals surface area contributed by atoms with Crippen LogP contribution in [-0.4, -0.2) is 16.6 Å². The molecule has 4 nitrogen and oxygen atoms in total. The molecule has 0 radical (unpaired) electrons. The smallest absolute Gasteiger partial charge is 0.267 e. The van der Waals surface area contributed by atoms with Gasteiger partial charge in [0.2, 0.25) is 0 Å². The Labute approximate surface area is 158 Å². The number of amides is 1. The summed E-state index contributed by atoms with van der Waals surface area (Å²) in [6.45, 7) is 1.86. The lowest BCUT2D eigenvalue weighted by molar-refractivity contribution is 0.0956. The van der Waals surface area contributed by atoms with E-state index in [2.05, 4.69) is 10.5 Å². The Kier molecular flexibility index (Phi) is 4.79. The molecule has 2 aromatic carbocycles. The zero-order valence-electron chi connectivity index (χ0n) is 15.2. The van der Waals surface area contributed by atoms with Gasteiger partial charge < -0.3 is 0 Å². The fourth-order valence-corrected chi connectivity index (χ4v) is 2.99. The first-order valence-corrected chi connectivity index (χ1v) is 9.18. The van der Waals surface area contributed by atoms with E-state index in [0.29, 0.717) is 11.5 Å². The highest BCUT2D eigenvalue weighted by Crippen LogP contribution is 2.40. The van der Waals surface area contributed by atoms with Gasteiger partial charge in [-0.05, 0) is 43.5 Å². The van der Waals surface area contributed by atoms with E-state index in [0.717, 1.165) is 40.7 Å². The molecule has 0 saturated heterocycles. The number of nitrogens with zero attached hydrogens (tertiary/aromatic N) is 2. The van der Waals surface area contributed by atoms with Crippen LogP contribution in [0.5, 0.6) is 0 Å². The number of carbonyl (C=O) groups is 1. The fraction of sp³-hybridized carbons (Fsp3) is 0.174. The number of nitrogens with one attached hydrogen (secondary N) is 1.